The molecule has 1 atom stereocenters. The Labute approximate surface area is 208 Å². The maximum absolute atomic E-state index is 13.0. The number of amides is 2. The van der Waals surface area contributed by atoms with Crippen molar-refractivity contribution in [1.29, 1.82) is 0 Å². The Hall–Kier alpha value is -4.05. The van der Waals surface area contributed by atoms with Crippen molar-refractivity contribution in [3.8, 4) is 0 Å². The highest BCUT2D eigenvalue weighted by Crippen LogP contribution is 2.21. The van der Waals surface area contributed by atoms with E-state index in [1.54, 1.807) is 25.1 Å². The summed E-state index contributed by atoms with van der Waals surface area (Å²) in [6.07, 6.45) is -0.0167. The van der Waals surface area contributed by atoms with E-state index in [1.165, 1.54) is 6.07 Å². The van der Waals surface area contributed by atoms with E-state index in [0.29, 0.717) is 24.2 Å². The lowest BCUT2D eigenvalue weighted by molar-refractivity contribution is -0.118. The van der Waals surface area contributed by atoms with Crippen LogP contribution in [0.1, 0.15) is 24.0 Å². The van der Waals surface area contributed by atoms with E-state index in [1.807, 2.05) is 30.3 Å². The lowest BCUT2D eigenvalue weighted by atomic mass is 10.1. The topological polar surface area (TPSA) is 162 Å². The van der Waals surface area contributed by atoms with Gasteiger partial charge in [0.25, 0.3) is 0 Å². The van der Waals surface area contributed by atoms with Crippen LogP contribution in [-0.2, 0) is 16.1 Å². The lowest BCUT2D eigenvalue weighted by Gasteiger charge is -2.18. The molecule has 1 aromatic heterocycles. The Morgan fingerprint density at radius 3 is 2.57 bits per heavy atom. The number of halogens is 1. The highest BCUT2D eigenvalue weighted by molar-refractivity contribution is 5.98. The molecule has 0 radical (unpaired) electrons. The SMILES string of the molecule is Cc1cc(=O)oc2cc(NC(=O)[C@H](CCCN=C(N)N)NC(=O)OCc3ccccc3)ccc12.Cl. The highest BCUT2D eigenvalue weighted by atomic mass is 35.5. The first-order valence-electron chi connectivity index (χ1n) is 10.7. The molecule has 0 fully saturated rings. The van der Waals surface area contributed by atoms with Crippen LogP contribution in [0.2, 0.25) is 0 Å². The Bertz CT molecular complexity index is 1240. The standard InChI is InChI=1S/C24H27N5O5.ClH/c1-15-12-21(30)34-20-13-17(9-10-18(15)20)28-22(31)19(8-5-11-27-23(25)26)29-24(32)33-14-16-6-3-2-4-7-16;/h2-4,6-7,9-10,12-13,19H,5,8,11,14H2,1H3,(H,28,31)(H,29,32)(H4,25,26,27);1H/t19-;/m0./s1. The zero-order valence-corrected chi connectivity index (χ0v) is 20.0. The number of carbonyl (C=O) groups is 2. The number of aryl methyl sites for hydroxylation is 1. The molecular weight excluding hydrogens is 474 g/mol. The number of aliphatic imine (C=N–C) groups is 1. The van der Waals surface area contributed by atoms with E-state index in [0.717, 1.165) is 16.5 Å². The van der Waals surface area contributed by atoms with Crippen molar-refractivity contribution in [3.05, 3.63) is 76.1 Å². The van der Waals surface area contributed by atoms with Gasteiger partial charge in [-0.05, 0) is 43.0 Å². The normalized spacial score (nSPS) is 11.1. The molecule has 0 aliphatic heterocycles. The zero-order valence-electron chi connectivity index (χ0n) is 19.2. The third kappa shape index (κ3) is 8.35. The maximum Gasteiger partial charge on any atom is 0.408 e. The molecule has 0 saturated heterocycles. The number of benzene rings is 2. The summed E-state index contributed by atoms with van der Waals surface area (Å²) >= 11 is 0. The van der Waals surface area contributed by atoms with E-state index in [2.05, 4.69) is 15.6 Å². The number of nitrogens with two attached hydrogens (primary N) is 2. The van der Waals surface area contributed by atoms with Crippen LogP contribution in [0.5, 0.6) is 0 Å². The number of hydrogen-bond acceptors (Lipinski definition) is 6. The summed E-state index contributed by atoms with van der Waals surface area (Å²) in [7, 11) is 0. The van der Waals surface area contributed by atoms with Crippen molar-refractivity contribution in [1.82, 2.24) is 5.32 Å². The van der Waals surface area contributed by atoms with E-state index in [9.17, 15) is 14.4 Å². The van der Waals surface area contributed by atoms with Gasteiger partial charge in [-0.2, -0.15) is 0 Å². The minimum absolute atomic E-state index is 0. The predicted octanol–water partition coefficient (Wildman–Crippen LogP) is 2.81. The summed E-state index contributed by atoms with van der Waals surface area (Å²) in [5, 5.41) is 6.10. The summed E-state index contributed by atoms with van der Waals surface area (Å²) < 4.78 is 10.5. The van der Waals surface area contributed by atoms with Crippen LogP contribution in [-0.4, -0.2) is 30.5 Å². The number of hydrogen-bond donors (Lipinski definition) is 4. The molecule has 10 nitrogen and oxygen atoms in total. The number of guanidine groups is 1. The largest absolute Gasteiger partial charge is 0.445 e. The fraction of sp³-hybridized carbons (Fsp3) is 0.250. The zero-order chi connectivity index (χ0) is 24.5. The first-order chi connectivity index (χ1) is 16.3. The van der Waals surface area contributed by atoms with Crippen LogP contribution in [0.15, 0.2) is 68.8 Å². The van der Waals surface area contributed by atoms with Crippen LogP contribution < -0.4 is 27.7 Å². The van der Waals surface area contributed by atoms with Gasteiger partial charge in [0, 0.05) is 29.8 Å². The first kappa shape index (κ1) is 27.2. The van der Waals surface area contributed by atoms with Crippen molar-refractivity contribution < 1.29 is 18.7 Å². The smallest absolute Gasteiger partial charge is 0.408 e. The average molecular weight is 502 g/mol. The highest BCUT2D eigenvalue weighted by Gasteiger charge is 2.22. The number of anilines is 1. The summed E-state index contributed by atoms with van der Waals surface area (Å²) in [5.41, 5.74) is 12.6. The molecule has 0 unspecified atom stereocenters. The molecule has 2 amide bonds. The Kier molecular flexibility index (Phi) is 10.1. The van der Waals surface area contributed by atoms with Crippen molar-refractivity contribution in [2.45, 2.75) is 32.4 Å². The van der Waals surface area contributed by atoms with Gasteiger partial charge in [0.15, 0.2) is 5.96 Å². The molecule has 6 N–H and O–H groups in total. The Balaban J connectivity index is 0.00000432. The van der Waals surface area contributed by atoms with Gasteiger partial charge in [0.05, 0.1) is 0 Å². The quantitative estimate of drug-likeness (QED) is 0.151. The van der Waals surface area contributed by atoms with Crippen LogP contribution in [0.4, 0.5) is 10.5 Å². The minimum atomic E-state index is -0.905. The third-order valence-corrected chi connectivity index (χ3v) is 4.99. The van der Waals surface area contributed by atoms with Crippen molar-refractivity contribution in [3.63, 3.8) is 0 Å². The van der Waals surface area contributed by atoms with Gasteiger partial charge in [0.1, 0.15) is 18.2 Å². The molecule has 0 aliphatic carbocycles. The summed E-state index contributed by atoms with van der Waals surface area (Å²) in [6.45, 7) is 2.17. The number of fused-ring (bicyclic) bond motifs is 1. The lowest BCUT2D eigenvalue weighted by Crippen LogP contribution is -2.44. The monoisotopic (exact) mass is 501 g/mol. The fourth-order valence-electron chi connectivity index (χ4n) is 3.31. The van der Waals surface area contributed by atoms with Gasteiger partial charge in [-0.1, -0.05) is 30.3 Å². The second-order valence-corrected chi connectivity index (χ2v) is 7.66. The van der Waals surface area contributed by atoms with Gasteiger partial charge in [-0.3, -0.25) is 9.79 Å². The molecule has 3 rings (SSSR count). The van der Waals surface area contributed by atoms with Gasteiger partial charge < -0.3 is 31.3 Å². The van der Waals surface area contributed by atoms with Gasteiger partial charge in [-0.15, -0.1) is 12.4 Å². The molecule has 0 aliphatic rings. The Morgan fingerprint density at radius 1 is 1.11 bits per heavy atom. The van der Waals surface area contributed by atoms with E-state index >= 15 is 0 Å². The van der Waals surface area contributed by atoms with Crippen LogP contribution in [0, 0.1) is 6.92 Å². The minimum Gasteiger partial charge on any atom is -0.445 e. The number of rotatable bonds is 9. The molecule has 0 saturated carbocycles. The fourth-order valence-corrected chi connectivity index (χ4v) is 3.31. The number of nitrogens with one attached hydrogen (secondary N) is 2. The van der Waals surface area contributed by atoms with E-state index < -0.39 is 23.7 Å². The molecular formula is C24H28ClN5O5. The van der Waals surface area contributed by atoms with Gasteiger partial charge in [-0.25, -0.2) is 9.59 Å². The summed E-state index contributed by atoms with van der Waals surface area (Å²) in [5.74, 6) is -0.514. The molecule has 11 heteroatoms. The van der Waals surface area contributed by atoms with Gasteiger partial charge >= 0.3 is 11.7 Å². The first-order valence-corrected chi connectivity index (χ1v) is 10.7. The molecule has 3 aromatic rings. The number of nitrogens with zero attached hydrogens (tertiary/aromatic N) is 1. The van der Waals surface area contributed by atoms with Crippen LogP contribution in [0.25, 0.3) is 11.0 Å². The number of ether oxygens (including phenoxy) is 1. The third-order valence-electron chi connectivity index (χ3n) is 4.99. The van der Waals surface area contributed by atoms with Crippen molar-refractivity contribution in [2.24, 2.45) is 16.5 Å². The molecule has 0 spiro atoms. The second kappa shape index (κ2) is 13.0. The molecule has 35 heavy (non-hydrogen) atoms. The molecule has 186 valence electrons. The summed E-state index contributed by atoms with van der Waals surface area (Å²) in [6, 6.07) is 14.7. The second-order valence-electron chi connectivity index (χ2n) is 7.66. The number of alkyl carbamates (subject to hydrolysis) is 1. The Morgan fingerprint density at radius 2 is 1.86 bits per heavy atom. The van der Waals surface area contributed by atoms with Gasteiger partial charge in [0.2, 0.25) is 5.91 Å². The van der Waals surface area contributed by atoms with E-state index in [-0.39, 0.29) is 31.4 Å². The van der Waals surface area contributed by atoms with Crippen LogP contribution in [0.3, 0.4) is 0 Å². The van der Waals surface area contributed by atoms with Crippen molar-refractivity contribution in [2.75, 3.05) is 11.9 Å². The van der Waals surface area contributed by atoms with E-state index in [4.69, 9.17) is 20.6 Å². The van der Waals surface area contributed by atoms with Crippen molar-refractivity contribution >= 4 is 47.0 Å². The molecule has 2 aromatic carbocycles. The maximum atomic E-state index is 13.0. The molecule has 0 bridgehead atoms. The van der Waals surface area contributed by atoms with Crippen LogP contribution >= 0.6 is 12.4 Å². The summed E-state index contributed by atoms with van der Waals surface area (Å²) in [4.78, 5) is 40.9. The average Bonchev–Trinajstić information content (AvgIpc) is 2.79. The molecule has 1 heterocycles. The predicted molar refractivity (Wildman–Crippen MR) is 137 cm³/mol. The number of carbonyl (C=O) groups excluding carboxylic acids is 2.